The van der Waals surface area contributed by atoms with Crippen LogP contribution in [-0.2, 0) is 6.54 Å². The molecule has 1 aromatic carbocycles. The van der Waals surface area contributed by atoms with Crippen LogP contribution in [0.3, 0.4) is 0 Å². The lowest BCUT2D eigenvalue weighted by atomic mass is 10.2. The minimum absolute atomic E-state index is 0.151. The summed E-state index contributed by atoms with van der Waals surface area (Å²) in [4.78, 5) is 3.95. The number of benzene rings is 1. The predicted molar refractivity (Wildman–Crippen MR) is 75.0 cm³/mol. The SMILES string of the molecule is CC(C)NCc1cccc(-n2cnc(C#N)c2C#N)c1. The summed E-state index contributed by atoms with van der Waals surface area (Å²) < 4.78 is 1.64. The molecule has 0 saturated carbocycles. The van der Waals surface area contributed by atoms with Gasteiger partial charge in [-0.3, -0.25) is 4.57 Å². The Hall–Kier alpha value is -2.63. The molecule has 1 aromatic heterocycles. The molecule has 2 rings (SSSR count). The molecule has 0 aliphatic carbocycles. The van der Waals surface area contributed by atoms with Gasteiger partial charge in [0.2, 0.25) is 0 Å². The summed E-state index contributed by atoms with van der Waals surface area (Å²) in [5.74, 6) is 0. The summed E-state index contributed by atoms with van der Waals surface area (Å²) in [5.41, 5.74) is 2.37. The van der Waals surface area contributed by atoms with E-state index in [9.17, 15) is 0 Å². The van der Waals surface area contributed by atoms with Crippen LogP contribution in [0.25, 0.3) is 5.69 Å². The van der Waals surface area contributed by atoms with Crippen LogP contribution in [0.5, 0.6) is 0 Å². The fourth-order valence-electron chi connectivity index (χ4n) is 1.87. The van der Waals surface area contributed by atoms with Crippen molar-refractivity contribution in [2.45, 2.75) is 26.4 Å². The molecular formula is C15H15N5. The number of nitrogens with one attached hydrogen (secondary N) is 1. The van der Waals surface area contributed by atoms with E-state index in [1.165, 1.54) is 6.33 Å². The summed E-state index contributed by atoms with van der Waals surface area (Å²) in [6.45, 7) is 4.94. The molecule has 0 aliphatic heterocycles. The van der Waals surface area contributed by atoms with Crippen molar-refractivity contribution in [1.29, 1.82) is 10.5 Å². The first-order valence-electron chi connectivity index (χ1n) is 6.36. The van der Waals surface area contributed by atoms with Gasteiger partial charge in [-0.2, -0.15) is 10.5 Å². The van der Waals surface area contributed by atoms with Crippen molar-refractivity contribution in [3.8, 4) is 17.8 Å². The maximum absolute atomic E-state index is 9.15. The van der Waals surface area contributed by atoms with Gasteiger partial charge >= 0.3 is 0 Å². The first kappa shape index (κ1) is 13.8. The zero-order valence-corrected chi connectivity index (χ0v) is 11.5. The molecule has 0 atom stereocenters. The van der Waals surface area contributed by atoms with Crippen LogP contribution >= 0.6 is 0 Å². The predicted octanol–water partition coefficient (Wildman–Crippen LogP) is 2.11. The van der Waals surface area contributed by atoms with Crippen molar-refractivity contribution in [3.05, 3.63) is 47.5 Å². The highest BCUT2D eigenvalue weighted by molar-refractivity contribution is 5.45. The summed E-state index contributed by atoms with van der Waals surface area (Å²) in [7, 11) is 0. The van der Waals surface area contributed by atoms with Crippen molar-refractivity contribution < 1.29 is 0 Å². The third-order valence-corrected chi connectivity index (χ3v) is 2.88. The quantitative estimate of drug-likeness (QED) is 0.918. The zero-order valence-electron chi connectivity index (χ0n) is 11.5. The second-order valence-electron chi connectivity index (χ2n) is 4.74. The Bertz CT molecular complexity index is 685. The van der Waals surface area contributed by atoms with E-state index in [0.717, 1.165) is 17.8 Å². The van der Waals surface area contributed by atoms with E-state index in [0.29, 0.717) is 6.04 Å². The number of nitrogens with zero attached hydrogens (tertiary/aromatic N) is 4. The van der Waals surface area contributed by atoms with Gasteiger partial charge in [0, 0.05) is 18.3 Å². The van der Waals surface area contributed by atoms with Gasteiger partial charge in [-0.15, -0.1) is 0 Å². The van der Waals surface area contributed by atoms with E-state index < -0.39 is 0 Å². The number of aromatic nitrogens is 2. The first-order valence-corrected chi connectivity index (χ1v) is 6.36. The van der Waals surface area contributed by atoms with Crippen LogP contribution in [-0.4, -0.2) is 15.6 Å². The lowest BCUT2D eigenvalue weighted by Crippen LogP contribution is -2.21. The maximum atomic E-state index is 9.15. The van der Waals surface area contributed by atoms with Crippen LogP contribution in [0.1, 0.15) is 30.8 Å². The van der Waals surface area contributed by atoms with Crippen LogP contribution in [0, 0.1) is 22.7 Å². The summed E-state index contributed by atoms with van der Waals surface area (Å²) in [6, 6.07) is 12.2. The molecule has 2 aromatic rings. The summed E-state index contributed by atoms with van der Waals surface area (Å²) >= 11 is 0. The molecule has 1 heterocycles. The zero-order chi connectivity index (χ0) is 14.5. The number of rotatable bonds is 4. The smallest absolute Gasteiger partial charge is 0.177 e. The van der Waals surface area contributed by atoms with Crippen molar-refractivity contribution >= 4 is 0 Å². The lowest BCUT2D eigenvalue weighted by Gasteiger charge is -2.10. The Morgan fingerprint density at radius 3 is 2.75 bits per heavy atom. The van der Waals surface area contributed by atoms with E-state index in [1.54, 1.807) is 4.57 Å². The highest BCUT2D eigenvalue weighted by Gasteiger charge is 2.11. The Labute approximate surface area is 118 Å². The summed E-state index contributed by atoms with van der Waals surface area (Å²) in [5, 5.41) is 21.4. The van der Waals surface area contributed by atoms with Gasteiger partial charge in [-0.1, -0.05) is 26.0 Å². The van der Waals surface area contributed by atoms with Gasteiger partial charge in [0.25, 0.3) is 0 Å². The molecule has 5 heteroatoms. The standard InChI is InChI=1S/C15H15N5/c1-11(2)18-9-12-4-3-5-13(6-12)20-10-19-14(7-16)15(20)8-17/h3-6,10-11,18H,9H2,1-2H3. The second-order valence-corrected chi connectivity index (χ2v) is 4.74. The molecule has 0 amide bonds. The Balaban J connectivity index is 2.35. The largest absolute Gasteiger partial charge is 0.310 e. The number of hydrogen-bond donors (Lipinski definition) is 1. The molecule has 0 fully saturated rings. The fraction of sp³-hybridized carbons (Fsp3) is 0.267. The monoisotopic (exact) mass is 265 g/mol. The molecule has 0 unspecified atom stereocenters. The van der Waals surface area contributed by atoms with Gasteiger partial charge in [-0.25, -0.2) is 4.98 Å². The molecular weight excluding hydrogens is 250 g/mol. The van der Waals surface area contributed by atoms with Crippen molar-refractivity contribution in [2.24, 2.45) is 0 Å². The van der Waals surface area contributed by atoms with E-state index >= 15 is 0 Å². The molecule has 0 spiro atoms. The average molecular weight is 265 g/mol. The molecule has 0 bridgehead atoms. The minimum atomic E-state index is 0.151. The third-order valence-electron chi connectivity index (χ3n) is 2.88. The fourth-order valence-corrected chi connectivity index (χ4v) is 1.87. The number of hydrogen-bond acceptors (Lipinski definition) is 4. The second kappa shape index (κ2) is 6.01. The molecule has 0 radical (unpaired) electrons. The van der Waals surface area contributed by atoms with Gasteiger partial charge in [0.1, 0.15) is 18.5 Å². The minimum Gasteiger partial charge on any atom is -0.310 e. The third kappa shape index (κ3) is 2.85. The molecule has 1 N–H and O–H groups in total. The summed E-state index contributed by atoms with van der Waals surface area (Å²) in [6.07, 6.45) is 1.51. The number of nitriles is 2. The average Bonchev–Trinajstić information content (AvgIpc) is 2.88. The van der Waals surface area contributed by atoms with Gasteiger partial charge in [0.05, 0.1) is 0 Å². The topological polar surface area (TPSA) is 77.4 Å². The first-order chi connectivity index (χ1) is 9.65. The van der Waals surface area contributed by atoms with Crippen LogP contribution in [0.4, 0.5) is 0 Å². The van der Waals surface area contributed by atoms with E-state index in [2.05, 4.69) is 24.1 Å². The van der Waals surface area contributed by atoms with Crippen molar-refractivity contribution in [1.82, 2.24) is 14.9 Å². The van der Waals surface area contributed by atoms with Crippen LogP contribution in [0.2, 0.25) is 0 Å². The maximum Gasteiger partial charge on any atom is 0.177 e. The normalized spacial score (nSPS) is 10.2. The van der Waals surface area contributed by atoms with Crippen molar-refractivity contribution in [3.63, 3.8) is 0 Å². The van der Waals surface area contributed by atoms with Gasteiger partial charge in [0.15, 0.2) is 11.4 Å². The molecule has 0 aliphatic rings. The van der Waals surface area contributed by atoms with E-state index in [-0.39, 0.29) is 11.4 Å². The van der Waals surface area contributed by atoms with Gasteiger partial charge in [-0.05, 0) is 17.7 Å². The Kier molecular flexibility index (Phi) is 4.14. The van der Waals surface area contributed by atoms with Crippen LogP contribution in [0.15, 0.2) is 30.6 Å². The Morgan fingerprint density at radius 2 is 2.10 bits per heavy atom. The highest BCUT2D eigenvalue weighted by Crippen LogP contribution is 2.15. The molecule has 20 heavy (non-hydrogen) atoms. The van der Waals surface area contributed by atoms with Crippen molar-refractivity contribution in [2.75, 3.05) is 0 Å². The van der Waals surface area contributed by atoms with E-state index in [4.69, 9.17) is 10.5 Å². The molecule has 5 nitrogen and oxygen atoms in total. The molecule has 0 saturated heterocycles. The Morgan fingerprint density at radius 1 is 1.30 bits per heavy atom. The number of imidazole rings is 1. The van der Waals surface area contributed by atoms with E-state index in [1.807, 2.05) is 36.4 Å². The molecule has 100 valence electrons. The lowest BCUT2D eigenvalue weighted by molar-refractivity contribution is 0.588. The van der Waals surface area contributed by atoms with Gasteiger partial charge < -0.3 is 5.32 Å². The highest BCUT2D eigenvalue weighted by atomic mass is 15.1. The van der Waals surface area contributed by atoms with Crippen LogP contribution < -0.4 is 5.32 Å².